The molecule has 2 aromatic heterocycles. The number of para-hydroxylation sites is 2. The molecule has 0 spiro atoms. The van der Waals surface area contributed by atoms with E-state index in [1.165, 1.54) is 6.07 Å². The lowest BCUT2D eigenvalue weighted by Crippen LogP contribution is -2.27. The monoisotopic (exact) mass is 441 g/mol. The average Bonchev–Trinajstić information content (AvgIpc) is 3.25. The Balaban J connectivity index is 1.56. The Labute approximate surface area is 182 Å². The zero-order chi connectivity index (χ0) is 22.6. The number of ketones is 1. The van der Waals surface area contributed by atoms with Gasteiger partial charge in [0.15, 0.2) is 5.78 Å². The summed E-state index contributed by atoms with van der Waals surface area (Å²) in [4.78, 5) is 16.5. The number of hydrogen-bond donors (Lipinski definition) is 1. The lowest BCUT2D eigenvalue weighted by molar-refractivity contribution is -0.147. The molecule has 5 rings (SSSR count). The van der Waals surface area contributed by atoms with Crippen LogP contribution in [0.4, 0.5) is 13.2 Å². The van der Waals surface area contributed by atoms with Crippen molar-refractivity contribution in [2.24, 2.45) is 0 Å². The van der Waals surface area contributed by atoms with Crippen LogP contribution in [0.25, 0.3) is 21.9 Å². The first-order valence-corrected chi connectivity index (χ1v) is 10.6. The molecule has 0 fully saturated rings. The van der Waals surface area contributed by atoms with Crippen LogP contribution in [0.3, 0.4) is 0 Å². The fraction of sp³-hybridized carbons (Fsp3) is 0.333. The number of halogens is 3. The Hall–Kier alpha value is -3.13. The van der Waals surface area contributed by atoms with E-state index in [9.17, 15) is 23.1 Å². The number of hydrogen-bond acceptors (Lipinski definition) is 3. The Morgan fingerprint density at radius 1 is 1.06 bits per heavy atom. The normalized spacial score (nSPS) is 15.5. The van der Waals surface area contributed by atoms with Crippen molar-refractivity contribution in [2.75, 3.05) is 0 Å². The van der Waals surface area contributed by atoms with E-state index in [2.05, 4.69) is 4.98 Å². The number of alkyl halides is 3. The second-order valence-electron chi connectivity index (χ2n) is 8.42. The van der Waals surface area contributed by atoms with Crippen molar-refractivity contribution in [2.45, 2.75) is 51.6 Å². The van der Waals surface area contributed by atoms with Gasteiger partial charge in [-0.2, -0.15) is 13.2 Å². The molecule has 0 bridgehead atoms. The van der Waals surface area contributed by atoms with E-state index in [4.69, 9.17) is 0 Å². The molecule has 0 saturated heterocycles. The fourth-order valence-electron chi connectivity index (χ4n) is 4.80. The highest BCUT2D eigenvalue weighted by Crippen LogP contribution is 2.34. The number of Topliss-reactive ketones (excluding diaryl/α,β-unsaturated/α-hetero) is 1. The number of carbonyl (C=O) groups excluding carboxylic acids is 1. The van der Waals surface area contributed by atoms with Crippen LogP contribution >= 0.6 is 0 Å². The highest BCUT2D eigenvalue weighted by Gasteiger charge is 2.38. The summed E-state index contributed by atoms with van der Waals surface area (Å²) < 4.78 is 43.7. The van der Waals surface area contributed by atoms with Gasteiger partial charge >= 0.3 is 6.18 Å². The zero-order valence-corrected chi connectivity index (χ0v) is 17.5. The van der Waals surface area contributed by atoms with Crippen molar-refractivity contribution in [1.29, 1.82) is 0 Å². The molecule has 0 saturated carbocycles. The van der Waals surface area contributed by atoms with Crippen molar-refractivity contribution >= 4 is 27.7 Å². The molecule has 2 heterocycles. The molecule has 8 heteroatoms. The summed E-state index contributed by atoms with van der Waals surface area (Å²) in [5, 5.41) is 11.9. The molecular formula is C24H22F3N3O2. The van der Waals surface area contributed by atoms with Crippen LogP contribution in [-0.4, -0.2) is 31.1 Å². The van der Waals surface area contributed by atoms with Gasteiger partial charge in [-0.15, -0.1) is 0 Å². The van der Waals surface area contributed by atoms with Gasteiger partial charge in [0.2, 0.25) is 5.82 Å². The van der Waals surface area contributed by atoms with Crippen LogP contribution in [0.1, 0.15) is 40.3 Å². The van der Waals surface area contributed by atoms with Crippen molar-refractivity contribution in [3.63, 3.8) is 0 Å². The molecule has 1 atom stereocenters. The van der Waals surface area contributed by atoms with Crippen LogP contribution in [0.2, 0.25) is 0 Å². The number of imidazole rings is 1. The number of benzene rings is 2. The van der Waals surface area contributed by atoms with Crippen molar-refractivity contribution in [1.82, 2.24) is 14.1 Å². The topological polar surface area (TPSA) is 60.1 Å². The van der Waals surface area contributed by atoms with Gasteiger partial charge in [0.25, 0.3) is 0 Å². The van der Waals surface area contributed by atoms with E-state index >= 15 is 0 Å². The number of aliphatic hydroxyl groups excluding tert-OH is 1. The van der Waals surface area contributed by atoms with Gasteiger partial charge in [-0.3, -0.25) is 4.79 Å². The Bertz CT molecular complexity index is 1350. The molecule has 1 unspecified atom stereocenters. The highest BCUT2D eigenvalue weighted by molar-refractivity contribution is 6.04. The van der Waals surface area contributed by atoms with Gasteiger partial charge in [-0.1, -0.05) is 23.8 Å². The van der Waals surface area contributed by atoms with E-state index in [-0.39, 0.29) is 24.4 Å². The second-order valence-corrected chi connectivity index (χ2v) is 8.42. The van der Waals surface area contributed by atoms with Gasteiger partial charge < -0.3 is 14.2 Å². The van der Waals surface area contributed by atoms with Gasteiger partial charge in [0, 0.05) is 17.3 Å². The predicted octanol–water partition coefficient (Wildman–Crippen LogP) is 4.90. The smallest absolute Gasteiger partial charge is 0.389 e. The maximum atomic E-state index is 13.6. The summed E-state index contributed by atoms with van der Waals surface area (Å²) in [5.41, 5.74) is 3.96. The third-order valence-corrected chi connectivity index (χ3v) is 6.11. The standard InChI is InChI=1S/C24H22F3N3O2/c1-14-9-10-19-17(11-14)16-5-4-8-21(32)22(16)29(19)12-15(31)13-30-20-7-3-2-6-18(20)28-23(30)24(25,26)27/h2-3,6-7,9-11,15,31H,4-5,8,12-13H2,1H3. The van der Waals surface area contributed by atoms with E-state index in [1.807, 2.05) is 25.1 Å². The van der Waals surface area contributed by atoms with E-state index in [0.29, 0.717) is 17.6 Å². The number of fused-ring (bicyclic) bond motifs is 4. The lowest BCUT2D eigenvalue weighted by Gasteiger charge is -2.20. The molecule has 0 radical (unpaired) electrons. The third-order valence-electron chi connectivity index (χ3n) is 6.11. The lowest BCUT2D eigenvalue weighted by atomic mass is 9.94. The van der Waals surface area contributed by atoms with Crippen molar-refractivity contribution in [3.05, 3.63) is 65.1 Å². The molecule has 1 aliphatic carbocycles. The molecule has 1 aliphatic rings. The Kier molecular flexibility index (Phi) is 4.85. The van der Waals surface area contributed by atoms with Crippen LogP contribution in [0.15, 0.2) is 42.5 Å². The number of carbonyl (C=O) groups is 1. The first-order valence-electron chi connectivity index (χ1n) is 10.6. The van der Waals surface area contributed by atoms with Gasteiger partial charge in [0.05, 0.1) is 35.9 Å². The average molecular weight is 441 g/mol. The van der Waals surface area contributed by atoms with Gasteiger partial charge in [0.1, 0.15) is 0 Å². The number of nitrogens with zero attached hydrogens (tertiary/aromatic N) is 3. The zero-order valence-electron chi connectivity index (χ0n) is 17.5. The summed E-state index contributed by atoms with van der Waals surface area (Å²) in [6.45, 7) is 1.71. The minimum Gasteiger partial charge on any atom is -0.389 e. The summed E-state index contributed by atoms with van der Waals surface area (Å²) in [6.07, 6.45) is -3.82. The molecule has 1 N–H and O–H groups in total. The molecule has 2 aromatic carbocycles. The molecule has 0 aliphatic heterocycles. The summed E-state index contributed by atoms with van der Waals surface area (Å²) >= 11 is 0. The summed E-state index contributed by atoms with van der Waals surface area (Å²) in [7, 11) is 0. The third kappa shape index (κ3) is 3.39. The SMILES string of the molecule is Cc1ccc2c(c1)c1c(n2CC(O)Cn2c(C(F)(F)F)nc3ccccc32)C(=O)CCC1. The minimum atomic E-state index is -4.65. The molecule has 0 amide bonds. The summed E-state index contributed by atoms with van der Waals surface area (Å²) in [5.74, 6) is -1.03. The first-order chi connectivity index (χ1) is 15.2. The van der Waals surface area contributed by atoms with E-state index < -0.39 is 18.1 Å². The molecule has 166 valence electrons. The highest BCUT2D eigenvalue weighted by atomic mass is 19.4. The van der Waals surface area contributed by atoms with E-state index in [0.717, 1.165) is 39.4 Å². The second kappa shape index (κ2) is 7.48. The van der Waals surface area contributed by atoms with Crippen LogP contribution in [0, 0.1) is 6.92 Å². The maximum absolute atomic E-state index is 13.6. The Morgan fingerprint density at radius 3 is 2.59 bits per heavy atom. The van der Waals surface area contributed by atoms with Gasteiger partial charge in [-0.25, -0.2) is 4.98 Å². The molecule has 32 heavy (non-hydrogen) atoms. The minimum absolute atomic E-state index is 0.0105. The first kappa shape index (κ1) is 20.8. The summed E-state index contributed by atoms with van der Waals surface area (Å²) in [6, 6.07) is 12.2. The maximum Gasteiger partial charge on any atom is 0.449 e. The van der Waals surface area contributed by atoms with Crippen LogP contribution in [-0.2, 0) is 25.7 Å². The number of aromatic nitrogens is 3. The molecule has 5 nitrogen and oxygen atoms in total. The quantitative estimate of drug-likeness (QED) is 0.490. The molecular weight excluding hydrogens is 419 g/mol. The van der Waals surface area contributed by atoms with Gasteiger partial charge in [-0.05, 0) is 49.6 Å². The van der Waals surface area contributed by atoms with Crippen LogP contribution < -0.4 is 0 Å². The number of aliphatic hydroxyl groups is 1. The molecule has 4 aromatic rings. The fourth-order valence-corrected chi connectivity index (χ4v) is 4.80. The predicted molar refractivity (Wildman–Crippen MR) is 115 cm³/mol. The van der Waals surface area contributed by atoms with Crippen molar-refractivity contribution < 1.29 is 23.1 Å². The number of rotatable bonds is 4. The van der Waals surface area contributed by atoms with Crippen LogP contribution in [0.5, 0.6) is 0 Å². The Morgan fingerprint density at radius 2 is 1.81 bits per heavy atom. The van der Waals surface area contributed by atoms with Crippen molar-refractivity contribution in [3.8, 4) is 0 Å². The number of aryl methyl sites for hydroxylation is 2. The largest absolute Gasteiger partial charge is 0.449 e. The van der Waals surface area contributed by atoms with E-state index in [1.54, 1.807) is 22.8 Å².